The average molecular weight is 520 g/mol. The fourth-order valence-electron chi connectivity index (χ4n) is 3.39. The summed E-state index contributed by atoms with van der Waals surface area (Å²) >= 11 is 26.5. The number of ketones is 1. The van der Waals surface area contributed by atoms with Crippen molar-refractivity contribution in [2.24, 2.45) is 11.3 Å². The van der Waals surface area contributed by atoms with E-state index >= 15 is 0 Å². The smallest absolute Gasteiger partial charge is 0.225 e. The topological polar surface area (TPSA) is 60.2 Å². The third kappa shape index (κ3) is 5.20. The van der Waals surface area contributed by atoms with Crippen LogP contribution in [0.4, 0.5) is 0 Å². The van der Waals surface area contributed by atoms with Gasteiger partial charge in [0.05, 0.1) is 5.41 Å². The molecule has 0 bridgehead atoms. The average Bonchev–Trinajstić information content (AvgIpc) is 2.50. The van der Waals surface area contributed by atoms with Crippen LogP contribution in [0.5, 0.6) is 0 Å². The van der Waals surface area contributed by atoms with Gasteiger partial charge in [-0.2, -0.15) is 0 Å². The highest BCUT2D eigenvalue weighted by Gasteiger charge is 2.61. The molecule has 0 N–H and O–H groups in total. The zero-order chi connectivity index (χ0) is 22.9. The maximum Gasteiger partial charge on any atom is 0.225 e. The van der Waals surface area contributed by atoms with Crippen LogP contribution in [0.15, 0.2) is 23.8 Å². The van der Waals surface area contributed by atoms with Crippen LogP contribution in [0.25, 0.3) is 0 Å². The van der Waals surface area contributed by atoms with E-state index in [9.17, 15) is 14.9 Å². The predicted molar refractivity (Wildman–Crippen MR) is 139 cm³/mol. The Morgan fingerprint density at radius 3 is 1.96 bits per heavy atom. The van der Waals surface area contributed by atoms with E-state index in [1.54, 1.807) is 40.7 Å². The summed E-state index contributed by atoms with van der Waals surface area (Å²) in [5.74, 6) is -0.747. The lowest BCUT2D eigenvalue weighted by Gasteiger charge is -2.47. The molecule has 4 nitrogen and oxygen atoms in total. The van der Waals surface area contributed by atoms with Gasteiger partial charge in [-0.3, -0.25) is 14.9 Å². The van der Waals surface area contributed by atoms with Crippen LogP contribution in [0, 0.1) is 21.4 Å². The van der Waals surface area contributed by atoms with Crippen molar-refractivity contribution in [3.05, 3.63) is 33.9 Å². The summed E-state index contributed by atoms with van der Waals surface area (Å²) in [6.07, 6.45) is -0.872. The molecule has 0 saturated heterocycles. The summed E-state index contributed by atoms with van der Waals surface area (Å²) in [7, 11) is 0. The lowest BCUT2D eigenvalue weighted by Crippen LogP contribution is -2.62. The molecular weight excluding hydrogens is 491 g/mol. The molecule has 0 saturated carbocycles. The van der Waals surface area contributed by atoms with E-state index in [-0.39, 0.29) is 17.1 Å². The molecule has 0 aliphatic rings. The minimum absolute atomic E-state index is 0.134. The van der Waals surface area contributed by atoms with Gasteiger partial charge in [-0.15, -0.1) is 0 Å². The number of nitrogens with zero attached hydrogens (tertiary/aromatic N) is 1. The van der Waals surface area contributed by atoms with E-state index < -0.39 is 33.5 Å². The lowest BCUT2D eigenvalue weighted by atomic mass is 9.67. The number of carbonyl (C=O) groups excluding carboxylic acids is 1. The Kier molecular flexibility index (Phi) is 9.91. The molecule has 3 unspecified atom stereocenters. The molecule has 0 aromatic heterocycles. The molecule has 0 aliphatic carbocycles. The van der Waals surface area contributed by atoms with Crippen molar-refractivity contribution in [2.75, 3.05) is 0 Å². The molecule has 28 heavy (non-hydrogen) atoms. The molecule has 0 aromatic carbocycles. The Balaban J connectivity index is 7.02. The summed E-state index contributed by atoms with van der Waals surface area (Å²) in [5, 5.41) is 9.57. The van der Waals surface area contributed by atoms with Crippen molar-refractivity contribution in [2.45, 2.75) is 65.7 Å². The fourth-order valence-corrected chi connectivity index (χ4v) is 12.8. The Labute approximate surface area is 193 Å². The summed E-state index contributed by atoms with van der Waals surface area (Å²) in [4.78, 5) is 25.0. The van der Waals surface area contributed by atoms with Crippen LogP contribution in [0.2, 0.25) is 0 Å². The molecule has 0 heterocycles. The summed E-state index contributed by atoms with van der Waals surface area (Å²) < 4.78 is -1.42. The number of rotatable bonds is 10. The van der Waals surface area contributed by atoms with Crippen LogP contribution >= 0.6 is 11.7 Å². The predicted octanol–water partition coefficient (Wildman–Crippen LogP) is 4.47. The quantitative estimate of drug-likeness (QED) is 0.150. The van der Waals surface area contributed by atoms with E-state index in [0.717, 1.165) is 11.1 Å². The third-order valence-electron chi connectivity index (χ3n) is 5.51. The Hall–Kier alpha value is 0.480. The largest absolute Gasteiger partial charge is 0.298 e. The standard InChI is InChI=1S/C17H29NO3S7/c1-9-14(19)17(8,27(22,23)28(24,25)26)16(6,7)15(18(20)21)13(5)10-12(4)11(2)3/h10,13,15H,2,9H2,1,3-8H3,(H,24,25,26). The highest BCUT2D eigenvalue weighted by atomic mass is 33.9. The van der Waals surface area contributed by atoms with Crippen LogP contribution in [0.3, 0.4) is 0 Å². The number of thiol groups is 1. The van der Waals surface area contributed by atoms with Gasteiger partial charge < -0.3 is 0 Å². The molecule has 0 rings (SSSR count). The minimum atomic E-state index is -2.81. The Morgan fingerprint density at radius 2 is 1.68 bits per heavy atom. The zero-order valence-electron chi connectivity index (χ0n) is 17.2. The first-order valence-electron chi connectivity index (χ1n) is 8.53. The second-order valence-corrected chi connectivity index (χ2v) is 26.9. The molecule has 0 amide bonds. The number of carbonyl (C=O) groups is 1. The van der Waals surface area contributed by atoms with Gasteiger partial charge in [0.1, 0.15) is 4.75 Å². The molecule has 0 fully saturated rings. The number of hydrogen-bond acceptors (Lipinski definition) is 7. The van der Waals surface area contributed by atoms with Gasteiger partial charge in [-0.1, -0.05) is 63.2 Å². The first-order valence-corrected chi connectivity index (χ1v) is 17.1. The maximum absolute atomic E-state index is 13.2. The Bertz CT molecular complexity index is 901. The van der Waals surface area contributed by atoms with E-state index in [1.165, 1.54) is 0 Å². The van der Waals surface area contributed by atoms with Crippen LogP contribution in [-0.2, 0) is 60.9 Å². The van der Waals surface area contributed by atoms with Crippen LogP contribution in [-0.4, -0.2) is 21.5 Å². The molecule has 0 aromatic rings. The zero-order valence-corrected chi connectivity index (χ0v) is 23.0. The van der Waals surface area contributed by atoms with E-state index in [1.807, 2.05) is 13.8 Å². The molecule has 0 aliphatic heterocycles. The molecule has 3 atom stereocenters. The highest BCUT2D eigenvalue weighted by Crippen LogP contribution is 2.48. The van der Waals surface area contributed by atoms with E-state index in [2.05, 4.69) is 18.2 Å². The van der Waals surface area contributed by atoms with Crippen molar-refractivity contribution in [3.63, 3.8) is 0 Å². The maximum atomic E-state index is 13.2. The van der Waals surface area contributed by atoms with Gasteiger partial charge in [0.25, 0.3) is 0 Å². The third-order valence-corrected chi connectivity index (χ3v) is 26.8. The Morgan fingerprint density at radius 1 is 1.25 bits per heavy atom. The van der Waals surface area contributed by atoms with Crippen LogP contribution in [0.1, 0.15) is 54.9 Å². The summed E-state index contributed by atoms with van der Waals surface area (Å²) in [6, 6.07) is -1.12. The minimum Gasteiger partial charge on any atom is -0.298 e. The van der Waals surface area contributed by atoms with Crippen molar-refractivity contribution in [3.8, 4) is 0 Å². The second kappa shape index (κ2) is 9.74. The summed E-state index contributed by atoms with van der Waals surface area (Å²) in [6.45, 7) is 16.0. The fraction of sp³-hybridized carbons (Fsp3) is 0.706. The van der Waals surface area contributed by atoms with Gasteiger partial charge in [0.15, 0.2) is 5.78 Å². The van der Waals surface area contributed by atoms with Crippen molar-refractivity contribution in [1.29, 1.82) is 0 Å². The lowest BCUT2D eigenvalue weighted by molar-refractivity contribution is -0.548. The number of hydrogen-bond donors (Lipinski definition) is 1. The van der Waals surface area contributed by atoms with Gasteiger partial charge in [0.2, 0.25) is 6.04 Å². The number of Topliss-reactive ketones (excluding diaryl/α,β-unsaturated/α-hetero) is 1. The van der Waals surface area contributed by atoms with Crippen molar-refractivity contribution in [1.82, 2.24) is 0 Å². The van der Waals surface area contributed by atoms with Gasteiger partial charge >= 0.3 is 0 Å². The number of allylic oxidation sites excluding steroid dienone is 2. The normalized spacial score (nSPS) is 18.1. The van der Waals surface area contributed by atoms with Gasteiger partial charge in [-0.05, 0) is 71.7 Å². The van der Waals surface area contributed by atoms with Crippen molar-refractivity contribution < 1.29 is 9.72 Å². The molecule has 162 valence electrons. The first kappa shape index (κ1) is 28.5. The molecule has 11 heteroatoms. The SMILES string of the molecule is C=C(C)C(C)=CC(C)C([N+](=O)[O-])C(C)(C)C(C)(C(=O)CC)S(=S)(=S)S(=S)(=S)S. The summed E-state index contributed by atoms with van der Waals surface area (Å²) in [5.41, 5.74) is 0.474. The van der Waals surface area contributed by atoms with Crippen molar-refractivity contribution >= 4 is 73.6 Å². The second-order valence-electron chi connectivity index (χ2n) is 7.63. The monoisotopic (exact) mass is 519 g/mol. The van der Waals surface area contributed by atoms with E-state index in [0.29, 0.717) is 0 Å². The van der Waals surface area contributed by atoms with Crippen LogP contribution < -0.4 is 0 Å². The van der Waals surface area contributed by atoms with Gasteiger partial charge in [-0.25, -0.2) is 0 Å². The molecule has 0 radical (unpaired) electrons. The number of nitro groups is 1. The van der Waals surface area contributed by atoms with Gasteiger partial charge in [0, 0.05) is 22.5 Å². The first-order chi connectivity index (χ1) is 12.3. The molecular formula is C17H29NO3S7. The molecule has 0 spiro atoms. The highest BCUT2D eigenvalue weighted by molar-refractivity contribution is 9.29. The van der Waals surface area contributed by atoms with E-state index in [4.69, 9.17) is 44.8 Å².